The summed E-state index contributed by atoms with van der Waals surface area (Å²) in [6.45, 7) is 3.73. The molecule has 0 saturated heterocycles. The fraction of sp³-hybridized carbons (Fsp3) is 0.545. The van der Waals surface area contributed by atoms with Gasteiger partial charge in [0.15, 0.2) is 0 Å². The van der Waals surface area contributed by atoms with Crippen LogP contribution in [0.5, 0.6) is 0 Å². The van der Waals surface area contributed by atoms with Gasteiger partial charge in [0.1, 0.15) is 17.3 Å². The summed E-state index contributed by atoms with van der Waals surface area (Å²) in [7, 11) is 0. The molecule has 0 amide bonds. The molecular formula is C11H13F3N2O. The maximum atomic E-state index is 12.3. The molecule has 0 aliphatic carbocycles. The molecule has 3 nitrogen and oxygen atoms in total. The summed E-state index contributed by atoms with van der Waals surface area (Å²) < 4.78 is 37.0. The van der Waals surface area contributed by atoms with Crippen molar-refractivity contribution in [2.45, 2.75) is 32.9 Å². The maximum Gasteiger partial charge on any atom is 0.433 e. The second-order valence-corrected chi connectivity index (χ2v) is 4.17. The molecule has 1 heterocycles. The Morgan fingerprint density at radius 1 is 1.41 bits per heavy atom. The number of alkyl halides is 3. The van der Waals surface area contributed by atoms with E-state index >= 15 is 0 Å². The minimum Gasteiger partial charge on any atom is -0.299 e. The number of rotatable bonds is 4. The summed E-state index contributed by atoms with van der Waals surface area (Å²) in [6.07, 6.45) is -3.31. The van der Waals surface area contributed by atoms with Gasteiger partial charge >= 0.3 is 6.18 Å². The van der Waals surface area contributed by atoms with Crippen molar-refractivity contribution in [2.24, 2.45) is 5.92 Å². The number of carbonyl (C=O) groups excluding carboxylic acids is 1. The van der Waals surface area contributed by atoms with Crippen molar-refractivity contribution in [1.82, 2.24) is 9.97 Å². The van der Waals surface area contributed by atoms with Crippen LogP contribution in [0, 0.1) is 5.92 Å². The minimum atomic E-state index is -4.50. The molecule has 0 fully saturated rings. The van der Waals surface area contributed by atoms with Gasteiger partial charge in [-0.15, -0.1) is 0 Å². The van der Waals surface area contributed by atoms with Gasteiger partial charge < -0.3 is 0 Å². The highest BCUT2D eigenvalue weighted by atomic mass is 19.4. The smallest absolute Gasteiger partial charge is 0.299 e. The van der Waals surface area contributed by atoms with Gasteiger partial charge in [0, 0.05) is 12.6 Å². The third kappa shape index (κ3) is 4.50. The third-order valence-electron chi connectivity index (χ3n) is 1.99. The number of halogens is 3. The molecule has 6 heteroatoms. The second-order valence-electron chi connectivity index (χ2n) is 4.17. The van der Waals surface area contributed by atoms with Crippen LogP contribution in [-0.2, 0) is 17.4 Å². The fourth-order valence-electron chi connectivity index (χ4n) is 1.35. The average molecular weight is 246 g/mol. The molecule has 0 aromatic carbocycles. The van der Waals surface area contributed by atoms with E-state index in [0.717, 1.165) is 12.3 Å². The van der Waals surface area contributed by atoms with E-state index in [2.05, 4.69) is 9.97 Å². The average Bonchev–Trinajstić information content (AvgIpc) is 2.15. The molecule has 1 aromatic rings. The first kappa shape index (κ1) is 13.6. The van der Waals surface area contributed by atoms with E-state index in [1.165, 1.54) is 0 Å². The largest absolute Gasteiger partial charge is 0.433 e. The molecule has 0 spiro atoms. The molecule has 0 bridgehead atoms. The highest BCUT2D eigenvalue weighted by Gasteiger charge is 2.32. The maximum absolute atomic E-state index is 12.3. The van der Waals surface area contributed by atoms with Crippen molar-refractivity contribution in [3.05, 3.63) is 23.8 Å². The zero-order chi connectivity index (χ0) is 13.1. The topological polar surface area (TPSA) is 42.9 Å². The van der Waals surface area contributed by atoms with Gasteiger partial charge in [-0.25, -0.2) is 9.97 Å². The number of aromatic nitrogens is 2. The molecule has 17 heavy (non-hydrogen) atoms. The Morgan fingerprint density at radius 2 is 2.06 bits per heavy atom. The highest BCUT2D eigenvalue weighted by molar-refractivity contribution is 5.80. The van der Waals surface area contributed by atoms with Gasteiger partial charge in [-0.05, 0) is 12.0 Å². The number of nitrogens with zero attached hydrogens (tertiary/aromatic N) is 2. The molecular weight excluding hydrogens is 233 g/mol. The van der Waals surface area contributed by atoms with Crippen LogP contribution < -0.4 is 0 Å². The van der Waals surface area contributed by atoms with E-state index in [9.17, 15) is 18.0 Å². The molecule has 0 unspecified atom stereocenters. The quantitative estimate of drug-likeness (QED) is 0.820. The van der Waals surface area contributed by atoms with Crippen LogP contribution in [0.1, 0.15) is 31.8 Å². The van der Waals surface area contributed by atoms with Crippen LogP contribution in [-0.4, -0.2) is 15.8 Å². The SMILES string of the molecule is CC(C)CC(=O)Cc1nccc(C(F)(F)F)n1. The number of carbonyl (C=O) groups is 1. The predicted octanol–water partition coefficient (Wildman–Crippen LogP) is 2.65. The van der Waals surface area contributed by atoms with Crippen LogP contribution >= 0.6 is 0 Å². The first-order valence-electron chi connectivity index (χ1n) is 5.20. The van der Waals surface area contributed by atoms with Crippen LogP contribution in [0.15, 0.2) is 12.3 Å². The van der Waals surface area contributed by atoms with Crippen molar-refractivity contribution < 1.29 is 18.0 Å². The summed E-state index contributed by atoms with van der Waals surface area (Å²) in [4.78, 5) is 18.4. The summed E-state index contributed by atoms with van der Waals surface area (Å²) >= 11 is 0. The lowest BCUT2D eigenvalue weighted by molar-refractivity contribution is -0.141. The molecule has 0 aliphatic rings. The van der Waals surface area contributed by atoms with Crippen LogP contribution in [0.2, 0.25) is 0 Å². The number of hydrogen-bond acceptors (Lipinski definition) is 3. The van der Waals surface area contributed by atoms with E-state index in [0.29, 0.717) is 6.42 Å². The first-order chi connectivity index (χ1) is 7.79. The lowest BCUT2D eigenvalue weighted by Crippen LogP contribution is -2.13. The van der Waals surface area contributed by atoms with Crippen molar-refractivity contribution in [1.29, 1.82) is 0 Å². The lowest BCUT2D eigenvalue weighted by atomic mass is 10.1. The van der Waals surface area contributed by atoms with Gasteiger partial charge in [0.25, 0.3) is 0 Å². The molecule has 0 N–H and O–H groups in total. The normalized spacial score (nSPS) is 11.9. The Labute approximate surface area is 97.1 Å². The Hall–Kier alpha value is -1.46. The Balaban J connectivity index is 2.76. The van der Waals surface area contributed by atoms with Crippen LogP contribution in [0.4, 0.5) is 13.2 Å². The first-order valence-corrected chi connectivity index (χ1v) is 5.20. The Kier molecular flexibility index (Phi) is 4.20. The molecule has 0 radical (unpaired) electrons. The summed E-state index contributed by atoms with van der Waals surface area (Å²) in [5.74, 6) is -0.0573. The fourth-order valence-corrected chi connectivity index (χ4v) is 1.35. The van der Waals surface area contributed by atoms with Gasteiger partial charge in [0.05, 0.1) is 6.42 Å². The summed E-state index contributed by atoms with van der Waals surface area (Å²) in [6, 6.07) is 0.788. The standard InChI is InChI=1S/C11H13F3N2O/c1-7(2)5-8(17)6-10-15-4-3-9(16-10)11(12,13)14/h3-4,7H,5-6H2,1-2H3. The van der Waals surface area contributed by atoms with E-state index < -0.39 is 11.9 Å². The lowest BCUT2D eigenvalue weighted by Gasteiger charge is -2.07. The number of hydrogen-bond donors (Lipinski definition) is 0. The molecule has 1 aromatic heterocycles. The molecule has 0 atom stereocenters. The summed E-state index contributed by atoms with van der Waals surface area (Å²) in [5.41, 5.74) is -1.01. The Bertz CT molecular complexity index is 402. The van der Waals surface area contributed by atoms with Gasteiger partial charge in [0.2, 0.25) is 0 Å². The minimum absolute atomic E-state index is 0.0783. The van der Waals surface area contributed by atoms with E-state index in [1.807, 2.05) is 13.8 Å². The molecule has 0 aliphatic heterocycles. The van der Waals surface area contributed by atoms with Gasteiger partial charge in [-0.1, -0.05) is 13.8 Å². The van der Waals surface area contributed by atoms with E-state index in [4.69, 9.17) is 0 Å². The van der Waals surface area contributed by atoms with E-state index in [1.54, 1.807) is 0 Å². The number of ketones is 1. The molecule has 94 valence electrons. The zero-order valence-electron chi connectivity index (χ0n) is 9.58. The van der Waals surface area contributed by atoms with Gasteiger partial charge in [-0.2, -0.15) is 13.2 Å². The monoisotopic (exact) mass is 246 g/mol. The van der Waals surface area contributed by atoms with Crippen molar-refractivity contribution in [3.63, 3.8) is 0 Å². The van der Waals surface area contributed by atoms with E-state index in [-0.39, 0.29) is 23.9 Å². The van der Waals surface area contributed by atoms with Gasteiger partial charge in [-0.3, -0.25) is 4.79 Å². The van der Waals surface area contributed by atoms with Crippen LogP contribution in [0.25, 0.3) is 0 Å². The number of Topliss-reactive ketones (excluding diaryl/α,β-unsaturated/α-hetero) is 1. The third-order valence-corrected chi connectivity index (χ3v) is 1.99. The van der Waals surface area contributed by atoms with Crippen molar-refractivity contribution in [2.75, 3.05) is 0 Å². The predicted molar refractivity (Wildman–Crippen MR) is 55.2 cm³/mol. The zero-order valence-corrected chi connectivity index (χ0v) is 9.58. The summed E-state index contributed by atoms with van der Waals surface area (Å²) in [5, 5.41) is 0. The highest BCUT2D eigenvalue weighted by Crippen LogP contribution is 2.26. The second kappa shape index (κ2) is 5.25. The molecule has 1 rings (SSSR count). The van der Waals surface area contributed by atoms with Crippen LogP contribution in [0.3, 0.4) is 0 Å². The van der Waals surface area contributed by atoms with Crippen molar-refractivity contribution in [3.8, 4) is 0 Å². The van der Waals surface area contributed by atoms with Crippen molar-refractivity contribution >= 4 is 5.78 Å². The Morgan fingerprint density at radius 3 is 2.59 bits per heavy atom. The molecule has 0 saturated carbocycles.